The number of aliphatic hydroxyl groups excluding tert-OH is 1. The second kappa shape index (κ2) is 4.78. The summed E-state index contributed by atoms with van der Waals surface area (Å²) in [6, 6.07) is 8.18. The van der Waals surface area contributed by atoms with Crippen molar-refractivity contribution < 1.29 is 9.63 Å². The lowest BCUT2D eigenvalue weighted by molar-refractivity contribution is 0.292. The van der Waals surface area contributed by atoms with E-state index in [2.05, 4.69) is 27.6 Å². The van der Waals surface area contributed by atoms with E-state index < -0.39 is 0 Å². The Morgan fingerprint density at radius 1 is 1.39 bits per heavy atom. The van der Waals surface area contributed by atoms with Crippen LogP contribution in [0.2, 0.25) is 0 Å². The molecule has 1 aromatic carbocycles. The van der Waals surface area contributed by atoms with Crippen LogP contribution in [0.15, 0.2) is 28.8 Å². The molecule has 3 rings (SSSR count). The van der Waals surface area contributed by atoms with Crippen LogP contribution in [-0.4, -0.2) is 28.4 Å². The van der Waals surface area contributed by atoms with Crippen LogP contribution in [-0.2, 0) is 6.42 Å². The number of hydrogen-bond donors (Lipinski definition) is 2. The number of fused-ring (bicyclic) bond motifs is 1. The monoisotopic (exact) mass is 245 g/mol. The van der Waals surface area contributed by atoms with Gasteiger partial charge in [-0.1, -0.05) is 23.4 Å². The first-order valence-corrected chi connectivity index (χ1v) is 6.14. The van der Waals surface area contributed by atoms with Crippen LogP contribution in [0.25, 0.3) is 0 Å². The standard InChI is InChI=1S/C13H15N3O2/c17-8-6-12-15-13(18-16-12)10-5-7-14-11-4-2-1-3-9(10)11/h1-4,10,14,17H,5-8H2. The third kappa shape index (κ3) is 1.97. The summed E-state index contributed by atoms with van der Waals surface area (Å²) in [5.41, 5.74) is 2.33. The molecule has 1 unspecified atom stereocenters. The quantitative estimate of drug-likeness (QED) is 0.858. The SMILES string of the molecule is OCCc1noc(C2CCNc3ccccc32)n1. The van der Waals surface area contributed by atoms with Gasteiger partial charge < -0.3 is 14.9 Å². The van der Waals surface area contributed by atoms with E-state index in [1.54, 1.807) is 0 Å². The van der Waals surface area contributed by atoms with Gasteiger partial charge in [-0.3, -0.25) is 0 Å². The first-order valence-electron chi connectivity index (χ1n) is 6.14. The van der Waals surface area contributed by atoms with E-state index in [0.717, 1.165) is 18.7 Å². The molecule has 2 N–H and O–H groups in total. The number of para-hydroxylation sites is 1. The van der Waals surface area contributed by atoms with Crippen molar-refractivity contribution in [2.24, 2.45) is 0 Å². The molecule has 1 atom stereocenters. The van der Waals surface area contributed by atoms with Crippen LogP contribution in [0.1, 0.15) is 29.6 Å². The zero-order valence-electron chi connectivity index (χ0n) is 9.97. The van der Waals surface area contributed by atoms with Crippen LogP contribution >= 0.6 is 0 Å². The third-order valence-corrected chi connectivity index (χ3v) is 3.20. The minimum atomic E-state index is 0.0434. The Bertz CT molecular complexity index is 539. The fourth-order valence-electron chi connectivity index (χ4n) is 2.34. The van der Waals surface area contributed by atoms with E-state index in [9.17, 15) is 0 Å². The second-order valence-electron chi connectivity index (χ2n) is 4.38. The van der Waals surface area contributed by atoms with Crippen molar-refractivity contribution in [3.63, 3.8) is 0 Å². The van der Waals surface area contributed by atoms with E-state index in [0.29, 0.717) is 18.1 Å². The van der Waals surface area contributed by atoms with Gasteiger partial charge in [-0.05, 0) is 18.1 Å². The average Bonchev–Trinajstić information content (AvgIpc) is 2.87. The lowest BCUT2D eigenvalue weighted by atomic mass is 9.91. The Balaban J connectivity index is 1.92. The van der Waals surface area contributed by atoms with Crippen LogP contribution in [0.3, 0.4) is 0 Å². The normalized spacial score (nSPS) is 18.2. The number of benzene rings is 1. The maximum absolute atomic E-state index is 8.87. The molecule has 1 aliphatic heterocycles. The lowest BCUT2D eigenvalue weighted by Gasteiger charge is -2.23. The van der Waals surface area contributed by atoms with Crippen LogP contribution in [0, 0.1) is 0 Å². The zero-order valence-corrected chi connectivity index (χ0v) is 9.97. The molecular weight excluding hydrogens is 230 g/mol. The maximum Gasteiger partial charge on any atom is 0.234 e. The van der Waals surface area contributed by atoms with Gasteiger partial charge in [0, 0.05) is 18.7 Å². The molecule has 2 heterocycles. The number of hydrogen-bond acceptors (Lipinski definition) is 5. The number of aromatic nitrogens is 2. The molecule has 0 radical (unpaired) electrons. The molecule has 1 aromatic heterocycles. The number of anilines is 1. The Labute approximate surface area is 105 Å². The fourth-order valence-corrected chi connectivity index (χ4v) is 2.34. The summed E-state index contributed by atoms with van der Waals surface area (Å²) in [7, 11) is 0. The first kappa shape index (κ1) is 11.2. The van der Waals surface area contributed by atoms with Gasteiger partial charge in [0.15, 0.2) is 5.82 Å². The minimum absolute atomic E-state index is 0.0434. The second-order valence-corrected chi connectivity index (χ2v) is 4.38. The van der Waals surface area contributed by atoms with E-state index in [1.807, 2.05) is 12.1 Å². The highest BCUT2D eigenvalue weighted by atomic mass is 16.5. The van der Waals surface area contributed by atoms with Crippen molar-refractivity contribution in [3.8, 4) is 0 Å². The van der Waals surface area contributed by atoms with Crippen molar-refractivity contribution in [3.05, 3.63) is 41.5 Å². The molecule has 0 bridgehead atoms. The zero-order chi connectivity index (χ0) is 12.4. The lowest BCUT2D eigenvalue weighted by Crippen LogP contribution is -2.17. The fraction of sp³-hybridized carbons (Fsp3) is 0.385. The van der Waals surface area contributed by atoms with E-state index in [4.69, 9.17) is 9.63 Å². The number of rotatable bonds is 3. The molecule has 0 aliphatic carbocycles. The van der Waals surface area contributed by atoms with Gasteiger partial charge in [0.05, 0.1) is 12.5 Å². The van der Waals surface area contributed by atoms with Crippen molar-refractivity contribution in [2.45, 2.75) is 18.8 Å². The molecule has 94 valence electrons. The molecular formula is C13H15N3O2. The highest BCUT2D eigenvalue weighted by molar-refractivity contribution is 5.56. The topological polar surface area (TPSA) is 71.2 Å². The highest BCUT2D eigenvalue weighted by Gasteiger charge is 2.26. The van der Waals surface area contributed by atoms with Gasteiger partial charge in [-0.25, -0.2) is 0 Å². The third-order valence-electron chi connectivity index (χ3n) is 3.20. The van der Waals surface area contributed by atoms with Crippen LogP contribution in [0.4, 0.5) is 5.69 Å². The van der Waals surface area contributed by atoms with Crippen LogP contribution in [0.5, 0.6) is 0 Å². The molecule has 0 amide bonds. The molecule has 18 heavy (non-hydrogen) atoms. The molecule has 5 nitrogen and oxygen atoms in total. The summed E-state index contributed by atoms with van der Waals surface area (Å²) in [5.74, 6) is 1.37. The molecule has 0 fully saturated rings. The maximum atomic E-state index is 8.87. The Morgan fingerprint density at radius 3 is 3.17 bits per heavy atom. The highest BCUT2D eigenvalue weighted by Crippen LogP contribution is 2.35. The molecule has 0 spiro atoms. The minimum Gasteiger partial charge on any atom is -0.396 e. The van der Waals surface area contributed by atoms with Crippen LogP contribution < -0.4 is 5.32 Å². The number of nitrogens with one attached hydrogen (secondary N) is 1. The summed E-state index contributed by atoms with van der Waals surface area (Å²) in [4.78, 5) is 4.36. The number of aliphatic hydroxyl groups is 1. The van der Waals surface area contributed by atoms with E-state index in [1.165, 1.54) is 5.56 Å². The van der Waals surface area contributed by atoms with E-state index in [-0.39, 0.29) is 12.5 Å². The van der Waals surface area contributed by atoms with E-state index >= 15 is 0 Å². The Morgan fingerprint density at radius 2 is 2.28 bits per heavy atom. The Kier molecular flexibility index (Phi) is 2.98. The average molecular weight is 245 g/mol. The summed E-state index contributed by atoms with van der Waals surface area (Å²) in [6.07, 6.45) is 1.38. The number of nitrogens with zero attached hydrogens (tertiary/aromatic N) is 2. The molecule has 1 aliphatic rings. The van der Waals surface area contributed by atoms with Gasteiger partial charge in [0.2, 0.25) is 5.89 Å². The van der Waals surface area contributed by atoms with Crippen molar-refractivity contribution in [1.29, 1.82) is 0 Å². The largest absolute Gasteiger partial charge is 0.396 e. The summed E-state index contributed by atoms with van der Waals surface area (Å²) >= 11 is 0. The molecule has 0 saturated carbocycles. The Hall–Kier alpha value is -1.88. The molecule has 0 saturated heterocycles. The van der Waals surface area contributed by atoms with Crippen molar-refractivity contribution >= 4 is 5.69 Å². The van der Waals surface area contributed by atoms with Gasteiger partial charge in [-0.15, -0.1) is 0 Å². The molecule has 5 heteroatoms. The van der Waals surface area contributed by atoms with Crippen molar-refractivity contribution in [2.75, 3.05) is 18.5 Å². The summed E-state index contributed by atoms with van der Waals surface area (Å²) in [5, 5.41) is 16.1. The predicted octanol–water partition coefficient (Wildman–Crippen LogP) is 1.55. The van der Waals surface area contributed by atoms with Gasteiger partial charge in [0.1, 0.15) is 0 Å². The molecule has 2 aromatic rings. The summed E-state index contributed by atoms with van der Waals surface area (Å²) < 4.78 is 5.31. The predicted molar refractivity (Wildman–Crippen MR) is 66.5 cm³/mol. The van der Waals surface area contributed by atoms with Gasteiger partial charge >= 0.3 is 0 Å². The smallest absolute Gasteiger partial charge is 0.234 e. The van der Waals surface area contributed by atoms with Crippen molar-refractivity contribution in [1.82, 2.24) is 10.1 Å². The summed E-state index contributed by atoms with van der Waals surface area (Å²) in [6.45, 7) is 0.946. The van der Waals surface area contributed by atoms with Gasteiger partial charge in [-0.2, -0.15) is 4.98 Å². The first-order chi connectivity index (χ1) is 8.88. The van der Waals surface area contributed by atoms with Gasteiger partial charge in [0.25, 0.3) is 0 Å².